The Morgan fingerprint density at radius 1 is 1.35 bits per heavy atom. The van der Waals surface area contributed by atoms with Crippen LogP contribution in [0.25, 0.3) is 0 Å². The minimum absolute atomic E-state index is 0.0299. The third-order valence-electron chi connectivity index (χ3n) is 4.56. The van der Waals surface area contributed by atoms with E-state index in [1.807, 2.05) is 0 Å². The number of nitrogens with zero attached hydrogens (tertiary/aromatic N) is 4. The standard InChI is InChI=1S/C20H26N6O3S2/c1-3-5-11-26(20(27)16-9-10-22-13-23-16)30-14(4-2)12-29-17-8-6-7-15-18(17)19(21)25-31(28)24-15/h6-10,13-14,24H,3-5,11-12H2,1-2H3,(H2,21,25)/t14-,31?/m1/s1. The van der Waals surface area contributed by atoms with Gasteiger partial charge in [-0.15, -0.1) is 0 Å². The molecule has 1 aromatic heterocycles. The van der Waals surface area contributed by atoms with Gasteiger partial charge in [0, 0.05) is 12.7 Å². The van der Waals surface area contributed by atoms with Gasteiger partial charge >= 0.3 is 0 Å². The zero-order valence-corrected chi connectivity index (χ0v) is 19.1. The van der Waals surface area contributed by atoms with Crippen LogP contribution in [0, 0.1) is 0 Å². The highest BCUT2D eigenvalue weighted by Gasteiger charge is 2.24. The van der Waals surface area contributed by atoms with Gasteiger partial charge in [-0.1, -0.05) is 26.3 Å². The predicted molar refractivity (Wildman–Crippen MR) is 124 cm³/mol. The van der Waals surface area contributed by atoms with Crippen molar-refractivity contribution in [1.29, 1.82) is 0 Å². The topological polar surface area (TPSA) is 123 Å². The summed E-state index contributed by atoms with van der Waals surface area (Å²) in [6, 6.07) is 7.00. The van der Waals surface area contributed by atoms with Crippen LogP contribution < -0.4 is 15.2 Å². The molecule has 9 nitrogen and oxygen atoms in total. The summed E-state index contributed by atoms with van der Waals surface area (Å²) in [6.07, 6.45) is 5.61. The van der Waals surface area contributed by atoms with Crippen LogP contribution in [0.2, 0.25) is 0 Å². The summed E-state index contributed by atoms with van der Waals surface area (Å²) in [5, 5.41) is 0.0299. The third-order valence-corrected chi connectivity index (χ3v) is 6.69. The highest BCUT2D eigenvalue weighted by molar-refractivity contribution is 7.98. The van der Waals surface area contributed by atoms with Crippen molar-refractivity contribution >= 4 is 40.5 Å². The molecule has 0 radical (unpaired) electrons. The molecule has 0 fully saturated rings. The normalized spacial score (nSPS) is 15.9. The molecule has 3 rings (SSSR count). The number of carbonyl (C=O) groups is 1. The third kappa shape index (κ3) is 5.95. The largest absolute Gasteiger partial charge is 0.492 e. The van der Waals surface area contributed by atoms with E-state index in [0.29, 0.717) is 35.8 Å². The summed E-state index contributed by atoms with van der Waals surface area (Å²) < 4.78 is 26.2. The monoisotopic (exact) mass is 462 g/mol. The summed E-state index contributed by atoms with van der Waals surface area (Å²) >= 11 is -0.127. The van der Waals surface area contributed by atoms with Gasteiger partial charge in [-0.3, -0.25) is 13.8 Å². The molecule has 2 atom stereocenters. The van der Waals surface area contributed by atoms with Crippen LogP contribution in [0.5, 0.6) is 5.75 Å². The zero-order chi connectivity index (χ0) is 22.2. The van der Waals surface area contributed by atoms with Crippen molar-refractivity contribution in [2.24, 2.45) is 10.1 Å². The van der Waals surface area contributed by atoms with Gasteiger partial charge in [-0.25, -0.2) is 14.2 Å². The predicted octanol–water partition coefficient (Wildman–Crippen LogP) is 2.93. The van der Waals surface area contributed by atoms with Crippen LogP contribution in [0.4, 0.5) is 5.69 Å². The smallest absolute Gasteiger partial charge is 0.282 e. The Kier molecular flexibility index (Phi) is 8.24. The van der Waals surface area contributed by atoms with Gasteiger partial charge in [0.05, 0.1) is 16.5 Å². The fourth-order valence-corrected chi connectivity index (χ4v) is 4.62. The Hall–Kier alpha value is -2.66. The second-order valence-corrected chi connectivity index (χ2v) is 9.01. The average Bonchev–Trinajstić information content (AvgIpc) is 2.78. The van der Waals surface area contributed by atoms with Gasteiger partial charge in [0.15, 0.2) is 0 Å². The van der Waals surface area contributed by atoms with E-state index in [-0.39, 0.29) is 17.0 Å². The fraction of sp³-hybridized carbons (Fsp3) is 0.400. The minimum Gasteiger partial charge on any atom is -0.492 e. The van der Waals surface area contributed by atoms with Crippen LogP contribution in [-0.2, 0) is 11.2 Å². The maximum Gasteiger partial charge on any atom is 0.282 e. The molecule has 11 heteroatoms. The zero-order valence-electron chi connectivity index (χ0n) is 17.5. The molecule has 2 heterocycles. The number of aromatic nitrogens is 2. The van der Waals surface area contributed by atoms with Crippen molar-refractivity contribution in [3.05, 3.63) is 48.0 Å². The van der Waals surface area contributed by atoms with Crippen molar-refractivity contribution in [2.45, 2.75) is 38.4 Å². The maximum absolute atomic E-state index is 12.9. The molecule has 31 heavy (non-hydrogen) atoms. The first-order chi connectivity index (χ1) is 15.0. The fourth-order valence-electron chi connectivity index (χ4n) is 2.89. The number of fused-ring (bicyclic) bond motifs is 1. The first-order valence-electron chi connectivity index (χ1n) is 10.1. The van der Waals surface area contributed by atoms with Crippen molar-refractivity contribution in [1.82, 2.24) is 14.3 Å². The van der Waals surface area contributed by atoms with Gasteiger partial charge in [0.1, 0.15) is 30.2 Å². The van der Waals surface area contributed by atoms with Gasteiger partial charge in [0.25, 0.3) is 5.91 Å². The number of hydrogen-bond acceptors (Lipinski definition) is 7. The molecule has 0 saturated carbocycles. The van der Waals surface area contributed by atoms with Crippen LogP contribution in [0.15, 0.2) is 41.2 Å². The number of anilines is 1. The number of carbonyl (C=O) groups excluding carboxylic acids is 1. The highest BCUT2D eigenvalue weighted by atomic mass is 32.2. The first kappa shape index (κ1) is 23.0. The molecule has 1 aromatic carbocycles. The lowest BCUT2D eigenvalue weighted by molar-refractivity contribution is 0.0864. The molecular weight excluding hydrogens is 436 g/mol. The van der Waals surface area contributed by atoms with E-state index in [9.17, 15) is 9.00 Å². The van der Waals surface area contributed by atoms with Crippen molar-refractivity contribution in [3.8, 4) is 5.75 Å². The number of nitrogens with two attached hydrogens (primary N) is 1. The lowest BCUT2D eigenvalue weighted by Gasteiger charge is -2.26. The van der Waals surface area contributed by atoms with Gasteiger partial charge in [0.2, 0.25) is 11.2 Å². The Labute approximate surface area is 188 Å². The van der Waals surface area contributed by atoms with Gasteiger partial charge < -0.3 is 10.5 Å². The van der Waals surface area contributed by atoms with E-state index in [0.717, 1.165) is 19.3 Å². The highest BCUT2D eigenvalue weighted by Crippen LogP contribution is 2.31. The average molecular weight is 463 g/mol. The van der Waals surface area contributed by atoms with E-state index >= 15 is 0 Å². The molecule has 1 amide bonds. The molecule has 0 spiro atoms. The molecule has 1 unspecified atom stereocenters. The van der Waals surface area contributed by atoms with E-state index in [4.69, 9.17) is 10.5 Å². The Morgan fingerprint density at radius 2 is 2.19 bits per heavy atom. The molecule has 0 bridgehead atoms. The van der Waals surface area contributed by atoms with Gasteiger partial charge in [-0.2, -0.15) is 4.40 Å². The Balaban J connectivity index is 1.71. The van der Waals surface area contributed by atoms with E-state index in [1.165, 1.54) is 18.3 Å². The number of amides is 1. The number of nitrogens with one attached hydrogen (secondary N) is 1. The molecule has 2 aromatic rings. The van der Waals surface area contributed by atoms with E-state index in [1.54, 1.807) is 34.8 Å². The second kappa shape index (κ2) is 11.1. The van der Waals surface area contributed by atoms with Crippen LogP contribution >= 0.6 is 11.9 Å². The lowest BCUT2D eigenvalue weighted by atomic mass is 10.1. The molecule has 3 N–H and O–H groups in total. The number of ether oxygens (including phenoxy) is 1. The second-order valence-electron chi connectivity index (χ2n) is 6.81. The molecule has 1 aliphatic heterocycles. The molecule has 166 valence electrons. The quantitative estimate of drug-likeness (QED) is 0.520. The number of benzene rings is 1. The number of rotatable bonds is 10. The summed E-state index contributed by atoms with van der Waals surface area (Å²) in [5.74, 6) is 0.593. The van der Waals surface area contributed by atoms with Crippen LogP contribution in [0.3, 0.4) is 0 Å². The molecule has 0 saturated heterocycles. The van der Waals surface area contributed by atoms with Crippen LogP contribution in [-0.4, -0.2) is 48.6 Å². The molecule has 0 aliphatic carbocycles. The molecule has 1 aliphatic rings. The maximum atomic E-state index is 12.9. The number of amidine groups is 1. The van der Waals surface area contributed by atoms with E-state index in [2.05, 4.69) is 32.9 Å². The van der Waals surface area contributed by atoms with Crippen molar-refractivity contribution < 1.29 is 13.7 Å². The van der Waals surface area contributed by atoms with Crippen molar-refractivity contribution in [3.63, 3.8) is 0 Å². The van der Waals surface area contributed by atoms with Crippen LogP contribution in [0.1, 0.15) is 49.2 Å². The minimum atomic E-state index is -1.59. The lowest BCUT2D eigenvalue weighted by Crippen LogP contribution is -2.31. The summed E-state index contributed by atoms with van der Waals surface area (Å²) in [7, 11) is 0. The number of hydrogen-bond donors (Lipinski definition) is 2. The summed E-state index contributed by atoms with van der Waals surface area (Å²) in [6.45, 7) is 5.13. The van der Waals surface area contributed by atoms with Crippen molar-refractivity contribution in [2.75, 3.05) is 17.9 Å². The Bertz CT molecular complexity index is 957. The SMILES string of the molecule is CCCCN(S[C@H](CC)COc1cccc2c1C(N)=NS(=O)N2)C(=O)c1ccncn1. The van der Waals surface area contributed by atoms with Gasteiger partial charge in [-0.05, 0) is 43.0 Å². The first-order valence-corrected chi connectivity index (χ1v) is 12.0. The Morgan fingerprint density at radius 3 is 2.90 bits per heavy atom. The summed E-state index contributed by atoms with van der Waals surface area (Å²) in [4.78, 5) is 20.9. The number of unbranched alkanes of at least 4 members (excludes halogenated alkanes) is 1. The molecular formula is C20H26N6O3S2. The summed E-state index contributed by atoms with van der Waals surface area (Å²) in [5.41, 5.74) is 7.57. The van der Waals surface area contributed by atoms with E-state index < -0.39 is 11.2 Å².